The zero-order valence-electron chi connectivity index (χ0n) is 20.2. The van der Waals surface area contributed by atoms with Gasteiger partial charge in [-0.2, -0.15) is 5.26 Å². The predicted octanol–water partition coefficient (Wildman–Crippen LogP) is 3.47. The average molecular weight is 517 g/mol. The first-order chi connectivity index (χ1) is 17.8. The van der Waals surface area contributed by atoms with E-state index < -0.39 is 17.5 Å². The molecule has 2 fully saturated rings. The first-order valence-electron chi connectivity index (χ1n) is 12.3. The molecule has 3 amide bonds. The average Bonchev–Trinajstić information content (AvgIpc) is 3.38. The van der Waals surface area contributed by atoms with Gasteiger partial charge in [-0.25, -0.2) is 4.98 Å². The van der Waals surface area contributed by atoms with Gasteiger partial charge in [0.15, 0.2) is 0 Å². The standard InChI is InChI=1S/C27H25ClN6O3/c1-33(24(35)21-10-16-3-2-8-30-23(16)31-21)22(9-15-4-5-15)25(36)34-14-27(12-18(34)13-29)19-11-17(28)6-7-20(19)32-26(27)37/h2-3,6-8,10-11,15,18,22H,4-5,9,12,14H2,1H3,(H,30,31)(H,32,37)/t18-,22-,27-/m0/s1. The van der Waals surface area contributed by atoms with E-state index in [-0.39, 0.29) is 30.7 Å². The van der Waals surface area contributed by atoms with Crippen molar-refractivity contribution in [3.8, 4) is 6.07 Å². The molecule has 0 unspecified atom stereocenters. The van der Waals surface area contributed by atoms with Crippen LogP contribution in [0.3, 0.4) is 0 Å². The van der Waals surface area contributed by atoms with Crippen molar-refractivity contribution in [2.75, 3.05) is 18.9 Å². The third-order valence-electron chi connectivity index (χ3n) is 7.92. The SMILES string of the molecule is CN(C(=O)c1cc2cccnc2[nH]1)[C@@H](CC1CC1)C(=O)N1C[C@]2(C[C@H]1C#N)C(=O)Nc1ccc(Cl)cc12. The Labute approximate surface area is 218 Å². The van der Waals surface area contributed by atoms with E-state index in [1.165, 1.54) is 9.80 Å². The Morgan fingerprint density at radius 1 is 1.32 bits per heavy atom. The summed E-state index contributed by atoms with van der Waals surface area (Å²) in [5.74, 6) is -0.534. The molecule has 0 radical (unpaired) electrons. The number of anilines is 1. The van der Waals surface area contributed by atoms with E-state index >= 15 is 0 Å². The summed E-state index contributed by atoms with van der Waals surface area (Å²) in [5, 5.41) is 14.2. The number of nitrogens with zero attached hydrogens (tertiary/aromatic N) is 4. The lowest BCUT2D eigenvalue weighted by atomic mass is 9.80. The highest BCUT2D eigenvalue weighted by Crippen LogP contribution is 2.47. The van der Waals surface area contributed by atoms with Gasteiger partial charge >= 0.3 is 0 Å². The maximum absolute atomic E-state index is 14.1. The van der Waals surface area contributed by atoms with Gasteiger partial charge in [0.25, 0.3) is 5.91 Å². The molecule has 2 aromatic heterocycles. The molecular formula is C27H25ClN6O3. The second kappa shape index (κ2) is 8.60. The number of H-pyrrole nitrogens is 1. The number of amides is 3. The number of benzene rings is 1. The van der Waals surface area contributed by atoms with Crippen molar-refractivity contribution in [3.05, 3.63) is 58.9 Å². The highest BCUT2D eigenvalue weighted by molar-refractivity contribution is 6.31. The van der Waals surface area contributed by atoms with Crippen molar-refractivity contribution < 1.29 is 14.4 Å². The third kappa shape index (κ3) is 3.83. The summed E-state index contributed by atoms with van der Waals surface area (Å²) >= 11 is 6.24. The Hall–Kier alpha value is -3.90. The molecule has 1 saturated carbocycles. The highest BCUT2D eigenvalue weighted by atomic mass is 35.5. The Balaban J connectivity index is 1.31. The van der Waals surface area contributed by atoms with E-state index in [0.717, 1.165) is 18.2 Å². The van der Waals surface area contributed by atoms with Gasteiger partial charge in [-0.05, 0) is 54.3 Å². The number of aromatic amines is 1. The number of fused-ring (bicyclic) bond motifs is 3. The number of pyridine rings is 1. The van der Waals surface area contributed by atoms with Crippen LogP contribution < -0.4 is 5.32 Å². The Morgan fingerprint density at radius 3 is 2.86 bits per heavy atom. The minimum Gasteiger partial charge on any atom is -0.335 e. The van der Waals surface area contributed by atoms with Crippen molar-refractivity contribution in [2.24, 2.45) is 5.92 Å². The van der Waals surface area contributed by atoms with Gasteiger partial charge < -0.3 is 20.1 Å². The Bertz CT molecular complexity index is 1460. The molecule has 37 heavy (non-hydrogen) atoms. The van der Waals surface area contributed by atoms with Crippen molar-refractivity contribution in [3.63, 3.8) is 0 Å². The molecule has 9 nitrogen and oxygen atoms in total. The molecule has 1 spiro atoms. The van der Waals surface area contributed by atoms with Crippen LogP contribution in [0.25, 0.3) is 11.0 Å². The van der Waals surface area contributed by atoms with E-state index in [1.807, 2.05) is 6.07 Å². The van der Waals surface area contributed by atoms with Gasteiger partial charge in [0.05, 0.1) is 11.5 Å². The summed E-state index contributed by atoms with van der Waals surface area (Å²) in [4.78, 5) is 51.0. The van der Waals surface area contributed by atoms with Gasteiger partial charge in [0.2, 0.25) is 11.8 Å². The smallest absolute Gasteiger partial charge is 0.270 e. The molecule has 3 atom stereocenters. The molecule has 1 saturated heterocycles. The molecule has 1 aliphatic carbocycles. The van der Waals surface area contributed by atoms with E-state index in [0.29, 0.717) is 40.0 Å². The topological polar surface area (TPSA) is 122 Å². The zero-order chi connectivity index (χ0) is 25.9. The number of nitriles is 1. The van der Waals surface area contributed by atoms with Gasteiger partial charge in [0, 0.05) is 42.3 Å². The van der Waals surface area contributed by atoms with Crippen LogP contribution >= 0.6 is 11.6 Å². The number of hydrogen-bond donors (Lipinski definition) is 2. The minimum absolute atomic E-state index is 0.0583. The summed E-state index contributed by atoms with van der Waals surface area (Å²) in [6.07, 6.45) is 4.34. The van der Waals surface area contributed by atoms with Crippen molar-refractivity contribution >= 4 is 46.0 Å². The number of carbonyl (C=O) groups excluding carboxylic acids is 3. The van der Waals surface area contributed by atoms with E-state index in [4.69, 9.17) is 11.6 Å². The van der Waals surface area contributed by atoms with Crippen LogP contribution in [0.2, 0.25) is 5.02 Å². The van der Waals surface area contributed by atoms with Gasteiger partial charge in [-0.3, -0.25) is 14.4 Å². The van der Waals surface area contributed by atoms with Crippen LogP contribution in [0.5, 0.6) is 0 Å². The second-order valence-electron chi connectivity index (χ2n) is 10.3. The molecule has 2 N–H and O–H groups in total. The second-order valence-corrected chi connectivity index (χ2v) is 10.7. The minimum atomic E-state index is -1.05. The molecule has 188 valence electrons. The maximum atomic E-state index is 14.1. The fourth-order valence-electron chi connectivity index (χ4n) is 5.69. The molecule has 2 aliphatic heterocycles. The van der Waals surface area contributed by atoms with Crippen LogP contribution in [-0.4, -0.2) is 63.2 Å². The summed E-state index contributed by atoms with van der Waals surface area (Å²) in [6.45, 7) is 0.0583. The maximum Gasteiger partial charge on any atom is 0.270 e. The first kappa shape index (κ1) is 23.5. The number of hydrogen-bond acceptors (Lipinski definition) is 5. The fourth-order valence-corrected chi connectivity index (χ4v) is 5.86. The molecular weight excluding hydrogens is 492 g/mol. The Morgan fingerprint density at radius 2 is 2.14 bits per heavy atom. The number of likely N-dealkylation sites (N-methyl/N-ethyl adjacent to an activating group) is 1. The summed E-state index contributed by atoms with van der Waals surface area (Å²) in [5.41, 5.74) is 1.24. The summed E-state index contributed by atoms with van der Waals surface area (Å²) in [7, 11) is 1.62. The van der Waals surface area contributed by atoms with Crippen molar-refractivity contribution in [1.29, 1.82) is 5.26 Å². The van der Waals surface area contributed by atoms with E-state index in [9.17, 15) is 19.6 Å². The summed E-state index contributed by atoms with van der Waals surface area (Å²) < 4.78 is 0. The first-order valence-corrected chi connectivity index (χ1v) is 12.7. The molecule has 3 aromatic rings. The highest BCUT2D eigenvalue weighted by Gasteiger charge is 2.57. The normalized spacial score (nSPS) is 23.1. The van der Waals surface area contributed by atoms with Gasteiger partial charge in [-0.15, -0.1) is 0 Å². The van der Waals surface area contributed by atoms with Crippen molar-refractivity contribution in [2.45, 2.75) is 43.2 Å². The van der Waals surface area contributed by atoms with Crippen LogP contribution in [0.15, 0.2) is 42.6 Å². The van der Waals surface area contributed by atoms with E-state index in [1.54, 1.807) is 43.6 Å². The van der Waals surface area contributed by atoms with Crippen LogP contribution in [0, 0.1) is 17.2 Å². The molecule has 6 rings (SSSR count). The lowest BCUT2D eigenvalue weighted by Crippen LogP contribution is -2.51. The number of rotatable bonds is 5. The van der Waals surface area contributed by atoms with Crippen LogP contribution in [-0.2, 0) is 15.0 Å². The number of carbonyl (C=O) groups is 3. The van der Waals surface area contributed by atoms with Gasteiger partial charge in [-0.1, -0.05) is 24.4 Å². The molecule has 0 bridgehead atoms. The predicted molar refractivity (Wildman–Crippen MR) is 137 cm³/mol. The molecule has 4 heterocycles. The zero-order valence-corrected chi connectivity index (χ0v) is 21.0. The molecule has 10 heteroatoms. The fraction of sp³-hybridized carbons (Fsp3) is 0.370. The van der Waals surface area contributed by atoms with Crippen molar-refractivity contribution in [1.82, 2.24) is 19.8 Å². The quantitative estimate of drug-likeness (QED) is 0.537. The lowest BCUT2D eigenvalue weighted by Gasteiger charge is -2.32. The number of halogens is 1. The van der Waals surface area contributed by atoms with Crippen LogP contribution in [0.4, 0.5) is 5.69 Å². The summed E-state index contributed by atoms with van der Waals surface area (Å²) in [6, 6.07) is 11.2. The lowest BCUT2D eigenvalue weighted by molar-refractivity contribution is -0.136. The Kier molecular flexibility index (Phi) is 5.46. The largest absolute Gasteiger partial charge is 0.335 e. The van der Waals surface area contributed by atoms with Gasteiger partial charge in [0.1, 0.15) is 23.4 Å². The molecule has 1 aromatic carbocycles. The number of nitrogens with one attached hydrogen (secondary N) is 2. The van der Waals surface area contributed by atoms with E-state index in [2.05, 4.69) is 21.4 Å². The number of aromatic nitrogens is 2. The number of likely N-dealkylation sites (tertiary alicyclic amines) is 1. The van der Waals surface area contributed by atoms with Crippen LogP contribution in [0.1, 0.15) is 41.7 Å². The monoisotopic (exact) mass is 516 g/mol. The molecule has 3 aliphatic rings. The third-order valence-corrected chi connectivity index (χ3v) is 8.15.